The third-order valence-corrected chi connectivity index (χ3v) is 6.46. The van der Waals surface area contributed by atoms with Gasteiger partial charge in [0.2, 0.25) is 0 Å². The first-order valence-electron chi connectivity index (χ1n) is 13.1. The summed E-state index contributed by atoms with van der Waals surface area (Å²) in [5.41, 5.74) is 4.15. The van der Waals surface area contributed by atoms with Crippen LogP contribution in [0.1, 0.15) is 49.3 Å². The first-order valence-corrected chi connectivity index (χ1v) is 13.1. The van der Waals surface area contributed by atoms with Gasteiger partial charge in [-0.1, -0.05) is 92.9 Å². The number of aliphatic imine (C=N–C) groups is 2. The molecule has 0 N–H and O–H groups in total. The normalized spacial score (nSPS) is 15.7. The van der Waals surface area contributed by atoms with Crippen molar-refractivity contribution in [1.82, 2.24) is 4.90 Å². The van der Waals surface area contributed by atoms with E-state index in [0.717, 1.165) is 36.8 Å². The van der Waals surface area contributed by atoms with Crippen LogP contribution in [0.4, 0.5) is 4.39 Å². The Morgan fingerprint density at radius 2 is 1.68 bits per heavy atom. The molecule has 0 spiro atoms. The van der Waals surface area contributed by atoms with E-state index >= 15 is 0 Å². The van der Waals surface area contributed by atoms with Gasteiger partial charge in [0.1, 0.15) is 5.70 Å². The van der Waals surface area contributed by atoms with Gasteiger partial charge in [-0.15, -0.1) is 0 Å². The van der Waals surface area contributed by atoms with Gasteiger partial charge in [-0.05, 0) is 35.8 Å². The predicted octanol–water partition coefficient (Wildman–Crippen LogP) is 7.06. The highest BCUT2D eigenvalue weighted by Crippen LogP contribution is 2.29. The van der Waals surface area contributed by atoms with E-state index in [2.05, 4.69) is 11.9 Å². The van der Waals surface area contributed by atoms with Crippen molar-refractivity contribution in [3.63, 3.8) is 0 Å². The van der Waals surface area contributed by atoms with E-state index in [9.17, 15) is 9.18 Å². The molecule has 0 saturated heterocycles. The molecule has 192 valence electrons. The van der Waals surface area contributed by atoms with Gasteiger partial charge in [0.05, 0.1) is 18.0 Å². The molecule has 5 nitrogen and oxygen atoms in total. The largest absolute Gasteiger partial charge is 0.491 e. The average Bonchev–Trinajstić information content (AvgIpc) is 3.26. The number of carbonyl (C=O) groups is 1. The molecule has 2 aliphatic heterocycles. The van der Waals surface area contributed by atoms with Crippen LogP contribution in [-0.4, -0.2) is 29.0 Å². The number of halogens is 1. The number of fused-ring (bicyclic) bond motifs is 1. The number of hydrogen-bond donors (Lipinski definition) is 0. The van der Waals surface area contributed by atoms with Crippen LogP contribution >= 0.6 is 0 Å². The van der Waals surface area contributed by atoms with Crippen LogP contribution in [0.25, 0.3) is 11.8 Å². The SMILES string of the molecule is CCCCCCOc1ccc(/C=C2\N=C3C(Cc4ccccc4)=NC(c4ccccc4)=CN3C2=O)cc1F. The molecule has 1 amide bonds. The average molecular weight is 508 g/mol. The minimum Gasteiger partial charge on any atom is -0.491 e. The fraction of sp³-hybridized carbons (Fsp3) is 0.219. The second-order valence-corrected chi connectivity index (χ2v) is 9.34. The lowest BCUT2D eigenvalue weighted by molar-refractivity contribution is -0.120. The van der Waals surface area contributed by atoms with Gasteiger partial charge < -0.3 is 4.74 Å². The molecule has 0 radical (unpaired) electrons. The van der Waals surface area contributed by atoms with Gasteiger partial charge >= 0.3 is 0 Å². The molecular weight excluding hydrogens is 477 g/mol. The number of rotatable bonds is 10. The number of unbranched alkanes of at least 4 members (excludes halogenated alkanes) is 3. The monoisotopic (exact) mass is 507 g/mol. The van der Waals surface area contributed by atoms with E-state index in [4.69, 9.17) is 9.73 Å². The molecule has 0 unspecified atom stereocenters. The number of hydrogen-bond acceptors (Lipinski definition) is 4. The Bertz CT molecular complexity index is 1430. The first-order chi connectivity index (χ1) is 18.6. The van der Waals surface area contributed by atoms with Crippen LogP contribution in [0, 0.1) is 5.82 Å². The minimum atomic E-state index is -0.455. The Morgan fingerprint density at radius 1 is 0.921 bits per heavy atom. The Hall–Kier alpha value is -4.32. The van der Waals surface area contributed by atoms with Crippen molar-refractivity contribution in [2.24, 2.45) is 9.98 Å². The summed E-state index contributed by atoms with van der Waals surface area (Å²) < 4.78 is 20.3. The van der Waals surface area contributed by atoms with Crippen molar-refractivity contribution in [2.75, 3.05) is 6.61 Å². The molecule has 0 aromatic heterocycles. The highest BCUT2D eigenvalue weighted by atomic mass is 19.1. The molecular formula is C32H30FN3O2. The summed E-state index contributed by atoms with van der Waals surface area (Å²) in [6.07, 6.45) is 8.11. The zero-order valence-electron chi connectivity index (χ0n) is 21.4. The summed E-state index contributed by atoms with van der Waals surface area (Å²) >= 11 is 0. The first kappa shape index (κ1) is 25.3. The number of ether oxygens (including phenoxy) is 1. The van der Waals surface area contributed by atoms with Crippen LogP contribution < -0.4 is 4.74 Å². The van der Waals surface area contributed by atoms with Crippen molar-refractivity contribution in [2.45, 2.75) is 39.0 Å². The third-order valence-electron chi connectivity index (χ3n) is 6.46. The van der Waals surface area contributed by atoms with Crippen LogP contribution in [0.3, 0.4) is 0 Å². The van der Waals surface area contributed by atoms with Gasteiger partial charge in [0, 0.05) is 18.2 Å². The summed E-state index contributed by atoms with van der Waals surface area (Å²) in [5.74, 6) is -0.0102. The Balaban J connectivity index is 1.41. The molecule has 3 aromatic carbocycles. The quantitative estimate of drug-likeness (QED) is 0.218. The minimum absolute atomic E-state index is 0.220. The van der Waals surface area contributed by atoms with Crippen molar-refractivity contribution >= 4 is 29.2 Å². The lowest BCUT2D eigenvalue weighted by Crippen LogP contribution is -2.36. The maximum atomic E-state index is 14.7. The number of nitrogens with zero attached hydrogens (tertiary/aromatic N) is 3. The summed E-state index contributed by atoms with van der Waals surface area (Å²) in [4.78, 5) is 24.5. The predicted molar refractivity (Wildman–Crippen MR) is 150 cm³/mol. The van der Waals surface area contributed by atoms with E-state index in [-0.39, 0.29) is 17.4 Å². The molecule has 2 aliphatic rings. The number of carbonyl (C=O) groups excluding carboxylic acids is 1. The fourth-order valence-corrected chi connectivity index (χ4v) is 4.45. The summed E-state index contributed by atoms with van der Waals surface area (Å²) in [5, 5.41) is 0. The van der Waals surface area contributed by atoms with Crippen molar-refractivity contribution in [3.05, 3.63) is 113 Å². The molecule has 5 rings (SSSR count). The molecule has 3 aromatic rings. The van der Waals surface area contributed by atoms with Crippen molar-refractivity contribution in [3.8, 4) is 5.75 Å². The highest BCUT2D eigenvalue weighted by Gasteiger charge is 2.35. The van der Waals surface area contributed by atoms with Crippen molar-refractivity contribution < 1.29 is 13.9 Å². The maximum absolute atomic E-state index is 14.7. The van der Waals surface area contributed by atoms with Gasteiger partial charge in [0.25, 0.3) is 5.91 Å². The standard InChI is InChI=1S/C32H30FN3O2/c1-2-3-4-11-18-38-30-17-16-24(19-26(30)33)21-28-32(37)36-22-29(25-14-9-6-10-15-25)34-27(31(36)35-28)20-23-12-7-5-8-13-23/h5-10,12-17,19,21-22H,2-4,11,18,20H2,1H3/b28-21-. The zero-order valence-corrected chi connectivity index (χ0v) is 21.4. The summed E-state index contributed by atoms with van der Waals surface area (Å²) in [6, 6.07) is 24.5. The Labute approximate surface area is 222 Å². The van der Waals surface area contributed by atoms with E-state index < -0.39 is 5.82 Å². The van der Waals surface area contributed by atoms with Crippen LogP contribution in [-0.2, 0) is 11.2 Å². The molecule has 6 heteroatoms. The van der Waals surface area contributed by atoms with Gasteiger partial charge in [-0.25, -0.2) is 14.4 Å². The fourth-order valence-electron chi connectivity index (χ4n) is 4.45. The van der Waals surface area contributed by atoms with Crippen LogP contribution in [0.5, 0.6) is 5.75 Å². The zero-order chi connectivity index (χ0) is 26.3. The van der Waals surface area contributed by atoms with E-state index in [1.165, 1.54) is 6.07 Å². The second kappa shape index (κ2) is 11.8. The summed E-state index contributed by atoms with van der Waals surface area (Å²) in [7, 11) is 0. The van der Waals surface area contributed by atoms with E-state index in [0.29, 0.717) is 35.8 Å². The smallest absolute Gasteiger partial charge is 0.282 e. The highest BCUT2D eigenvalue weighted by molar-refractivity contribution is 6.48. The number of amides is 1. The van der Waals surface area contributed by atoms with Crippen molar-refractivity contribution in [1.29, 1.82) is 0 Å². The molecule has 0 saturated carbocycles. The Kier molecular flexibility index (Phi) is 7.88. The molecule has 2 heterocycles. The Morgan fingerprint density at radius 3 is 2.42 bits per heavy atom. The van der Waals surface area contributed by atoms with E-state index in [1.54, 1.807) is 29.3 Å². The van der Waals surface area contributed by atoms with Gasteiger partial charge in [-0.3, -0.25) is 9.69 Å². The van der Waals surface area contributed by atoms with E-state index in [1.807, 2.05) is 60.7 Å². The van der Waals surface area contributed by atoms with Crippen LogP contribution in [0.2, 0.25) is 0 Å². The van der Waals surface area contributed by atoms with Gasteiger partial charge in [-0.2, -0.15) is 0 Å². The second-order valence-electron chi connectivity index (χ2n) is 9.34. The number of benzene rings is 3. The molecule has 0 fully saturated rings. The maximum Gasteiger partial charge on any atom is 0.282 e. The third kappa shape index (κ3) is 5.80. The van der Waals surface area contributed by atoms with Crippen LogP contribution in [0.15, 0.2) is 101 Å². The molecule has 38 heavy (non-hydrogen) atoms. The number of amidine groups is 1. The van der Waals surface area contributed by atoms with Gasteiger partial charge in [0.15, 0.2) is 17.4 Å². The molecule has 0 bridgehead atoms. The lowest BCUT2D eigenvalue weighted by Gasteiger charge is -2.21. The topological polar surface area (TPSA) is 54.3 Å². The lowest BCUT2D eigenvalue weighted by atomic mass is 10.1. The summed E-state index contributed by atoms with van der Waals surface area (Å²) in [6.45, 7) is 2.63. The molecule has 0 atom stereocenters. The molecule has 0 aliphatic carbocycles.